The van der Waals surface area contributed by atoms with Crippen molar-refractivity contribution in [3.8, 4) is 0 Å². The van der Waals surface area contributed by atoms with Gasteiger partial charge in [-0.3, -0.25) is 24.2 Å². The fourth-order valence-electron chi connectivity index (χ4n) is 6.42. The number of amides is 7. The van der Waals surface area contributed by atoms with Crippen molar-refractivity contribution in [2.45, 2.75) is 96.1 Å². The number of carbonyl (C=O) groups is 5. The number of hydrogen-bond donors (Lipinski definition) is 2. The second-order valence-corrected chi connectivity index (χ2v) is 19.5. The highest BCUT2D eigenvalue weighted by molar-refractivity contribution is 6.76. The summed E-state index contributed by atoms with van der Waals surface area (Å²) in [5, 5.41) is 0. The molecule has 1 aliphatic carbocycles. The number of nitrogens with zero attached hydrogens (tertiary/aromatic N) is 4. The van der Waals surface area contributed by atoms with E-state index in [0.717, 1.165) is 22.3 Å². The van der Waals surface area contributed by atoms with Gasteiger partial charge in [0, 0.05) is 46.8 Å². The molecule has 4 rings (SSSR count). The molecule has 3 heterocycles. The van der Waals surface area contributed by atoms with Crippen LogP contribution in [0.4, 0.5) is 9.59 Å². The molecule has 13 nitrogen and oxygen atoms in total. The zero-order chi connectivity index (χ0) is 31.7. The normalized spacial score (nSPS) is 28.7. The second kappa shape index (κ2) is 12.6. The molecule has 4 N–H and O–H groups in total. The standard InChI is InChI=1S/C29H48N6O7Si/c1-6-7-13-32-23(36)21(22(30)31)24(37)35(27(32)40)20-8-10-28(2,11-9-20)17-34-26(39)33(19-42-15-16-43(3,4)5)25(38)29(34)12-14-41-18-29/h20H,6-19,30-31H2,1-5H3/t20?,28?,29-/m0/s1. The van der Waals surface area contributed by atoms with Crippen LogP contribution in [0.2, 0.25) is 25.7 Å². The van der Waals surface area contributed by atoms with Crippen molar-refractivity contribution in [3.63, 3.8) is 0 Å². The fourth-order valence-corrected chi connectivity index (χ4v) is 7.17. The monoisotopic (exact) mass is 620 g/mol. The summed E-state index contributed by atoms with van der Waals surface area (Å²) in [5.41, 5.74) is 9.67. The number of urea groups is 2. The van der Waals surface area contributed by atoms with Gasteiger partial charge >= 0.3 is 12.1 Å². The number of ether oxygens (including phenoxy) is 2. The molecule has 0 bridgehead atoms. The largest absolute Gasteiger partial charge is 0.385 e. The first kappa shape index (κ1) is 32.9. The lowest BCUT2D eigenvalue weighted by Crippen LogP contribution is -2.61. The Kier molecular flexibility index (Phi) is 9.62. The second-order valence-electron chi connectivity index (χ2n) is 13.9. The highest BCUT2D eigenvalue weighted by Crippen LogP contribution is 2.44. The first-order chi connectivity index (χ1) is 20.2. The first-order valence-electron chi connectivity index (χ1n) is 15.4. The summed E-state index contributed by atoms with van der Waals surface area (Å²) in [5.74, 6) is -2.19. The van der Waals surface area contributed by atoms with Gasteiger partial charge in [0.25, 0.3) is 17.7 Å². The van der Waals surface area contributed by atoms with Gasteiger partial charge in [-0.25, -0.2) is 14.5 Å². The van der Waals surface area contributed by atoms with E-state index < -0.39 is 43.3 Å². The van der Waals surface area contributed by atoms with Crippen LogP contribution in [-0.4, -0.2) is 109 Å². The van der Waals surface area contributed by atoms with Crippen molar-refractivity contribution < 1.29 is 33.4 Å². The molecule has 4 fully saturated rings. The van der Waals surface area contributed by atoms with Crippen molar-refractivity contribution in [1.29, 1.82) is 0 Å². The highest BCUT2D eigenvalue weighted by atomic mass is 28.3. The summed E-state index contributed by atoms with van der Waals surface area (Å²) in [6.07, 6.45) is 3.92. The number of nitrogens with two attached hydrogens (primary N) is 2. The third kappa shape index (κ3) is 6.46. The average Bonchev–Trinajstić information content (AvgIpc) is 3.48. The summed E-state index contributed by atoms with van der Waals surface area (Å²) in [4.78, 5) is 72.0. The van der Waals surface area contributed by atoms with Crippen LogP contribution in [0.3, 0.4) is 0 Å². The molecule has 0 aromatic rings. The van der Waals surface area contributed by atoms with Crippen molar-refractivity contribution in [2.75, 3.05) is 39.6 Å². The molecule has 1 saturated carbocycles. The van der Waals surface area contributed by atoms with Crippen LogP contribution in [-0.2, 0) is 23.9 Å². The van der Waals surface area contributed by atoms with E-state index in [1.165, 1.54) is 4.90 Å². The summed E-state index contributed by atoms with van der Waals surface area (Å²) in [6, 6.07) is -0.529. The first-order valence-corrected chi connectivity index (χ1v) is 19.1. The SMILES string of the molecule is CCCCN1C(=O)C(=C(N)N)C(=O)N(C2CCC(C)(CN3C(=O)N(COCC[Si](C)(C)C)C(=O)[C@@]34CCOC4)CC2)C1=O. The van der Waals surface area contributed by atoms with Crippen molar-refractivity contribution in [3.05, 3.63) is 11.4 Å². The molecule has 3 saturated heterocycles. The van der Waals surface area contributed by atoms with Crippen LogP contribution >= 0.6 is 0 Å². The molecule has 0 radical (unpaired) electrons. The van der Waals surface area contributed by atoms with Gasteiger partial charge in [-0.1, -0.05) is 39.9 Å². The Morgan fingerprint density at radius 2 is 1.67 bits per heavy atom. The summed E-state index contributed by atoms with van der Waals surface area (Å²) in [7, 11) is -1.33. The Morgan fingerprint density at radius 1 is 1.00 bits per heavy atom. The Bertz CT molecular complexity index is 1170. The maximum Gasteiger partial charge on any atom is 0.334 e. The zero-order valence-corrected chi connectivity index (χ0v) is 27.3. The topological polar surface area (TPSA) is 169 Å². The van der Waals surface area contributed by atoms with E-state index in [-0.39, 0.29) is 42.8 Å². The lowest BCUT2D eigenvalue weighted by molar-refractivity contribution is -0.139. The third-order valence-electron chi connectivity index (χ3n) is 9.26. The van der Waals surface area contributed by atoms with E-state index in [1.54, 1.807) is 4.90 Å². The quantitative estimate of drug-likeness (QED) is 0.116. The van der Waals surface area contributed by atoms with E-state index in [0.29, 0.717) is 58.3 Å². The van der Waals surface area contributed by atoms with Gasteiger partial charge in [0.1, 0.15) is 23.7 Å². The van der Waals surface area contributed by atoms with Crippen LogP contribution < -0.4 is 11.5 Å². The Labute approximate surface area is 254 Å². The van der Waals surface area contributed by atoms with Crippen LogP contribution in [0.15, 0.2) is 11.4 Å². The van der Waals surface area contributed by atoms with Crippen molar-refractivity contribution in [1.82, 2.24) is 19.6 Å². The molecule has 4 aliphatic rings. The van der Waals surface area contributed by atoms with Gasteiger partial charge in [0.15, 0.2) is 0 Å². The summed E-state index contributed by atoms with van der Waals surface area (Å²) >= 11 is 0. The number of carbonyl (C=O) groups excluding carboxylic acids is 5. The number of barbiturate groups is 1. The van der Waals surface area contributed by atoms with Gasteiger partial charge in [0.2, 0.25) is 0 Å². The van der Waals surface area contributed by atoms with E-state index in [2.05, 4.69) is 26.6 Å². The van der Waals surface area contributed by atoms with Gasteiger partial charge in [-0.2, -0.15) is 0 Å². The predicted octanol–water partition coefficient (Wildman–Crippen LogP) is 2.39. The van der Waals surface area contributed by atoms with E-state index in [1.807, 2.05) is 6.92 Å². The number of unbranched alkanes of at least 4 members (excludes halogenated alkanes) is 1. The van der Waals surface area contributed by atoms with Gasteiger partial charge < -0.3 is 25.8 Å². The third-order valence-corrected chi connectivity index (χ3v) is 11.0. The lowest BCUT2D eigenvalue weighted by atomic mass is 9.72. The average molecular weight is 621 g/mol. The molecule has 0 aromatic heterocycles. The molecule has 0 aromatic carbocycles. The number of hydrogen-bond acceptors (Lipinski definition) is 9. The van der Waals surface area contributed by atoms with E-state index in [9.17, 15) is 24.0 Å². The molecule has 43 heavy (non-hydrogen) atoms. The van der Waals surface area contributed by atoms with E-state index in [4.69, 9.17) is 20.9 Å². The lowest BCUT2D eigenvalue weighted by Gasteiger charge is -2.46. The maximum absolute atomic E-state index is 13.7. The fraction of sp³-hybridized carbons (Fsp3) is 0.759. The Balaban J connectivity index is 1.47. The smallest absolute Gasteiger partial charge is 0.334 e. The maximum atomic E-state index is 13.7. The Morgan fingerprint density at radius 3 is 2.23 bits per heavy atom. The van der Waals surface area contributed by atoms with Gasteiger partial charge in [-0.15, -0.1) is 0 Å². The minimum Gasteiger partial charge on any atom is -0.385 e. The molecule has 3 aliphatic heterocycles. The molecular weight excluding hydrogens is 572 g/mol. The van der Waals surface area contributed by atoms with Crippen molar-refractivity contribution in [2.24, 2.45) is 16.9 Å². The summed E-state index contributed by atoms with van der Waals surface area (Å²) < 4.78 is 11.5. The molecule has 1 spiro atoms. The molecule has 14 heteroatoms. The van der Waals surface area contributed by atoms with Crippen LogP contribution in [0.5, 0.6) is 0 Å². The zero-order valence-electron chi connectivity index (χ0n) is 26.3. The molecule has 1 atom stereocenters. The van der Waals surface area contributed by atoms with Crippen LogP contribution in [0.1, 0.15) is 58.8 Å². The number of rotatable bonds is 11. The molecule has 7 amide bonds. The van der Waals surface area contributed by atoms with Crippen LogP contribution in [0.25, 0.3) is 0 Å². The Hall–Kier alpha value is -2.97. The summed E-state index contributed by atoms with van der Waals surface area (Å²) in [6.45, 7) is 12.2. The predicted molar refractivity (Wildman–Crippen MR) is 161 cm³/mol. The van der Waals surface area contributed by atoms with Gasteiger partial charge in [0.05, 0.1) is 6.61 Å². The van der Waals surface area contributed by atoms with Crippen LogP contribution in [0, 0.1) is 5.41 Å². The molecule has 240 valence electrons. The highest BCUT2D eigenvalue weighted by Gasteiger charge is 2.60. The van der Waals surface area contributed by atoms with Gasteiger partial charge in [-0.05, 0) is 43.6 Å². The minimum atomic E-state index is -1.33. The molecule has 0 unspecified atom stereocenters. The number of imide groups is 3. The van der Waals surface area contributed by atoms with Crippen molar-refractivity contribution >= 4 is 37.9 Å². The van der Waals surface area contributed by atoms with E-state index >= 15 is 0 Å². The minimum absolute atomic E-state index is 0.0776. The molecular formula is C29H48N6O7Si.